The summed E-state index contributed by atoms with van der Waals surface area (Å²) in [6, 6.07) is 4.24. The minimum Gasteiger partial charge on any atom is -0.478 e. The first-order chi connectivity index (χ1) is 9.91. The van der Waals surface area contributed by atoms with E-state index in [1.165, 1.54) is 18.2 Å². The average Bonchev–Trinajstić information content (AvgIpc) is 2.45. The summed E-state index contributed by atoms with van der Waals surface area (Å²) in [7, 11) is 3.73. The summed E-state index contributed by atoms with van der Waals surface area (Å²) in [6.45, 7) is 1.76. The van der Waals surface area contributed by atoms with Crippen molar-refractivity contribution in [3.63, 3.8) is 0 Å². The minimum absolute atomic E-state index is 0.0278. The number of hydrogen-bond acceptors (Lipinski definition) is 5. The highest BCUT2D eigenvalue weighted by Gasteiger charge is 2.30. The zero-order chi connectivity index (χ0) is 15.6. The van der Waals surface area contributed by atoms with E-state index in [2.05, 4.69) is 4.90 Å². The number of likely N-dealkylation sites (N-methyl/N-ethyl adjacent to an activating group) is 2. The van der Waals surface area contributed by atoms with Gasteiger partial charge in [0.25, 0.3) is 5.69 Å². The molecule has 0 bridgehead atoms. The molecule has 2 rings (SSSR count). The van der Waals surface area contributed by atoms with Gasteiger partial charge in [-0.25, -0.2) is 4.79 Å². The first kappa shape index (κ1) is 15.2. The Morgan fingerprint density at radius 1 is 1.52 bits per heavy atom. The number of carboxylic acid groups (broad SMARTS) is 1. The fourth-order valence-electron chi connectivity index (χ4n) is 2.86. The number of anilines is 1. The van der Waals surface area contributed by atoms with Crippen molar-refractivity contribution in [3.8, 4) is 0 Å². The molecule has 1 heterocycles. The van der Waals surface area contributed by atoms with Crippen molar-refractivity contribution in [1.29, 1.82) is 0 Å². The van der Waals surface area contributed by atoms with Gasteiger partial charge in [-0.2, -0.15) is 0 Å². The predicted molar refractivity (Wildman–Crippen MR) is 79.0 cm³/mol. The number of nitrogens with zero attached hydrogens (tertiary/aromatic N) is 3. The number of para-hydroxylation sites is 1. The third kappa shape index (κ3) is 3.13. The van der Waals surface area contributed by atoms with Crippen LogP contribution in [0.5, 0.6) is 0 Å². The van der Waals surface area contributed by atoms with Crippen molar-refractivity contribution in [3.05, 3.63) is 33.9 Å². The Labute approximate surface area is 122 Å². The van der Waals surface area contributed by atoms with Gasteiger partial charge in [-0.15, -0.1) is 0 Å². The first-order valence-electron chi connectivity index (χ1n) is 6.84. The second kappa shape index (κ2) is 6.09. The molecule has 1 aliphatic rings. The van der Waals surface area contributed by atoms with Crippen LogP contribution < -0.4 is 4.90 Å². The van der Waals surface area contributed by atoms with Crippen molar-refractivity contribution in [2.45, 2.75) is 18.9 Å². The van der Waals surface area contributed by atoms with E-state index in [1.54, 1.807) is 11.9 Å². The lowest BCUT2D eigenvalue weighted by Crippen LogP contribution is -2.45. The van der Waals surface area contributed by atoms with Crippen LogP contribution in [-0.2, 0) is 0 Å². The Bertz CT molecular complexity index is 529. The number of rotatable bonds is 4. The van der Waals surface area contributed by atoms with E-state index >= 15 is 0 Å². The van der Waals surface area contributed by atoms with Crippen molar-refractivity contribution < 1.29 is 14.8 Å². The molecule has 0 radical (unpaired) electrons. The molecule has 1 aromatic carbocycles. The summed E-state index contributed by atoms with van der Waals surface area (Å²) in [5, 5.41) is 20.5. The Hall–Kier alpha value is -2.15. The number of piperidine rings is 1. The quantitative estimate of drug-likeness (QED) is 0.673. The number of nitro groups is 1. The van der Waals surface area contributed by atoms with E-state index in [9.17, 15) is 20.0 Å². The van der Waals surface area contributed by atoms with Crippen molar-refractivity contribution in [2.24, 2.45) is 0 Å². The second-order valence-electron chi connectivity index (χ2n) is 5.40. The van der Waals surface area contributed by atoms with Gasteiger partial charge < -0.3 is 14.9 Å². The number of benzene rings is 1. The van der Waals surface area contributed by atoms with Gasteiger partial charge in [0.15, 0.2) is 0 Å². The zero-order valence-corrected chi connectivity index (χ0v) is 12.2. The molecule has 7 nitrogen and oxygen atoms in total. The SMILES string of the molecule is CN1CCCC(N(C)c2c(C(=O)O)cccc2[N+](=O)[O-])C1. The minimum atomic E-state index is -1.15. The number of carbonyl (C=O) groups is 1. The number of hydrogen-bond donors (Lipinski definition) is 1. The molecule has 1 aromatic rings. The van der Waals surface area contributed by atoms with Crippen molar-refractivity contribution in [2.75, 3.05) is 32.1 Å². The normalized spacial score (nSPS) is 19.2. The summed E-state index contributed by atoms with van der Waals surface area (Å²) in [5.41, 5.74) is 0.000790. The maximum absolute atomic E-state index is 11.4. The standard InChI is InChI=1S/C14H19N3O4/c1-15-8-4-5-10(9-15)16(2)13-11(14(18)19)6-3-7-12(13)17(20)21/h3,6-7,10H,4-5,8-9H2,1-2H3,(H,18,19). The lowest BCUT2D eigenvalue weighted by Gasteiger charge is -2.37. The number of carboxylic acids is 1. The van der Waals surface area contributed by atoms with E-state index < -0.39 is 10.9 Å². The van der Waals surface area contributed by atoms with Crippen molar-refractivity contribution in [1.82, 2.24) is 4.90 Å². The third-order valence-electron chi connectivity index (χ3n) is 3.94. The van der Waals surface area contributed by atoms with E-state index in [-0.39, 0.29) is 23.0 Å². The third-order valence-corrected chi connectivity index (χ3v) is 3.94. The molecule has 1 fully saturated rings. The molecule has 114 valence electrons. The van der Waals surface area contributed by atoms with Crippen LogP contribution in [0.1, 0.15) is 23.2 Å². The van der Waals surface area contributed by atoms with Crippen LogP contribution in [0.25, 0.3) is 0 Å². The van der Waals surface area contributed by atoms with Gasteiger partial charge in [-0.1, -0.05) is 6.07 Å². The summed E-state index contributed by atoms with van der Waals surface area (Å²) in [5.74, 6) is -1.15. The molecule has 7 heteroatoms. The molecule has 1 unspecified atom stereocenters. The monoisotopic (exact) mass is 293 g/mol. The first-order valence-corrected chi connectivity index (χ1v) is 6.84. The molecule has 1 atom stereocenters. The van der Waals surface area contributed by atoms with Crippen LogP contribution in [0.4, 0.5) is 11.4 Å². The Balaban J connectivity index is 2.44. The summed E-state index contributed by atoms with van der Waals surface area (Å²) >= 11 is 0. The van der Waals surface area contributed by atoms with Gasteiger partial charge in [0.2, 0.25) is 0 Å². The Kier molecular flexibility index (Phi) is 4.42. The molecule has 0 aromatic heterocycles. The largest absolute Gasteiger partial charge is 0.478 e. The van der Waals surface area contributed by atoms with E-state index in [0.717, 1.165) is 25.9 Å². The second-order valence-corrected chi connectivity index (χ2v) is 5.40. The highest BCUT2D eigenvalue weighted by atomic mass is 16.6. The highest BCUT2D eigenvalue weighted by molar-refractivity contribution is 5.97. The fourth-order valence-corrected chi connectivity index (χ4v) is 2.86. The van der Waals surface area contributed by atoms with Crippen LogP contribution in [-0.4, -0.2) is 54.1 Å². The fraction of sp³-hybridized carbons (Fsp3) is 0.500. The molecule has 1 N–H and O–H groups in total. The van der Waals surface area contributed by atoms with Crippen LogP contribution in [0.3, 0.4) is 0 Å². The Morgan fingerprint density at radius 3 is 2.81 bits per heavy atom. The molecular formula is C14H19N3O4. The van der Waals surface area contributed by atoms with Crippen LogP contribution in [0.2, 0.25) is 0 Å². The smallest absolute Gasteiger partial charge is 0.338 e. The Morgan fingerprint density at radius 2 is 2.24 bits per heavy atom. The molecular weight excluding hydrogens is 274 g/mol. The highest BCUT2D eigenvalue weighted by Crippen LogP contribution is 2.34. The molecule has 0 spiro atoms. The van der Waals surface area contributed by atoms with E-state index in [0.29, 0.717) is 0 Å². The van der Waals surface area contributed by atoms with E-state index in [4.69, 9.17) is 0 Å². The maximum Gasteiger partial charge on any atom is 0.338 e. The van der Waals surface area contributed by atoms with Gasteiger partial charge in [0, 0.05) is 25.7 Å². The van der Waals surface area contributed by atoms with Gasteiger partial charge >= 0.3 is 5.97 Å². The molecule has 1 aliphatic heterocycles. The number of aromatic carboxylic acids is 1. The van der Waals surface area contributed by atoms with E-state index in [1.807, 2.05) is 7.05 Å². The van der Waals surface area contributed by atoms with Crippen LogP contribution in [0.15, 0.2) is 18.2 Å². The van der Waals surface area contributed by atoms with Crippen molar-refractivity contribution >= 4 is 17.3 Å². The van der Waals surface area contributed by atoms with Gasteiger partial charge in [-0.3, -0.25) is 10.1 Å². The maximum atomic E-state index is 11.4. The van der Waals surface area contributed by atoms with Gasteiger partial charge in [0.05, 0.1) is 10.5 Å². The van der Waals surface area contributed by atoms with Crippen LogP contribution >= 0.6 is 0 Å². The predicted octanol–water partition coefficient (Wildman–Crippen LogP) is 1.82. The zero-order valence-electron chi connectivity index (χ0n) is 12.2. The van der Waals surface area contributed by atoms with Gasteiger partial charge in [0.1, 0.15) is 5.69 Å². The molecule has 0 amide bonds. The summed E-state index contributed by atoms with van der Waals surface area (Å²) < 4.78 is 0. The number of likely N-dealkylation sites (tertiary alicyclic amines) is 1. The average molecular weight is 293 g/mol. The summed E-state index contributed by atoms with van der Waals surface area (Å²) in [4.78, 5) is 26.0. The van der Waals surface area contributed by atoms with Crippen LogP contribution in [0, 0.1) is 10.1 Å². The summed E-state index contributed by atoms with van der Waals surface area (Å²) in [6.07, 6.45) is 1.89. The van der Waals surface area contributed by atoms with Gasteiger partial charge in [-0.05, 0) is 32.5 Å². The molecule has 0 saturated carbocycles. The molecule has 0 aliphatic carbocycles. The lowest BCUT2D eigenvalue weighted by atomic mass is 10.0. The topological polar surface area (TPSA) is 86.9 Å². The molecule has 1 saturated heterocycles. The number of nitro benzene ring substituents is 1. The lowest BCUT2D eigenvalue weighted by molar-refractivity contribution is -0.384. The molecule has 21 heavy (non-hydrogen) atoms.